The Morgan fingerprint density at radius 3 is 2.40 bits per heavy atom. The van der Waals surface area contributed by atoms with Gasteiger partial charge in [-0.2, -0.15) is 9.97 Å². The first kappa shape index (κ1) is 27.4. The molecule has 40 heavy (non-hydrogen) atoms. The fourth-order valence-corrected chi connectivity index (χ4v) is 5.02. The van der Waals surface area contributed by atoms with Crippen LogP contribution in [-0.4, -0.2) is 63.2 Å². The van der Waals surface area contributed by atoms with Crippen molar-refractivity contribution in [3.63, 3.8) is 0 Å². The highest BCUT2D eigenvalue weighted by Gasteiger charge is 2.26. The number of carbonyl (C=O) groups excluding carboxylic acids is 1. The molecule has 0 spiro atoms. The monoisotopic (exact) mass is 541 g/mol. The number of piperazine rings is 1. The summed E-state index contributed by atoms with van der Waals surface area (Å²) in [5, 5.41) is 3.62. The molecule has 1 N–H and O–H groups in total. The predicted molar refractivity (Wildman–Crippen MR) is 159 cm³/mol. The molecule has 2 aromatic heterocycles. The molecule has 9 nitrogen and oxygen atoms in total. The number of anilines is 2. The molecule has 1 atom stereocenters. The van der Waals surface area contributed by atoms with E-state index in [2.05, 4.69) is 40.8 Å². The maximum atomic E-state index is 12.7. The molecule has 1 amide bonds. The third kappa shape index (κ3) is 6.70. The lowest BCUT2D eigenvalue weighted by molar-refractivity contribution is 0.149. The van der Waals surface area contributed by atoms with Gasteiger partial charge in [-0.15, -0.1) is 0 Å². The second-order valence-corrected chi connectivity index (χ2v) is 10.4. The molecule has 0 aliphatic carbocycles. The first-order valence-electron chi connectivity index (χ1n) is 14.4. The predicted octanol–water partition coefficient (Wildman–Crippen LogP) is 5.82. The Morgan fingerprint density at radius 1 is 0.975 bits per heavy atom. The van der Waals surface area contributed by atoms with Crippen molar-refractivity contribution in [3.8, 4) is 5.75 Å². The Labute approximate surface area is 236 Å². The highest BCUT2D eigenvalue weighted by atomic mass is 16.6. The van der Waals surface area contributed by atoms with Crippen LogP contribution in [-0.2, 0) is 6.54 Å². The van der Waals surface area contributed by atoms with Crippen LogP contribution >= 0.6 is 0 Å². The van der Waals surface area contributed by atoms with Gasteiger partial charge in [0.25, 0.3) is 0 Å². The Balaban J connectivity index is 1.35. The summed E-state index contributed by atoms with van der Waals surface area (Å²) in [5.74, 6) is 2.56. The van der Waals surface area contributed by atoms with Gasteiger partial charge in [-0.1, -0.05) is 81.6 Å². The number of carbonyl (C=O) groups is 1. The van der Waals surface area contributed by atoms with E-state index in [9.17, 15) is 4.79 Å². The van der Waals surface area contributed by atoms with Gasteiger partial charge in [-0.25, -0.2) is 9.78 Å². The lowest BCUT2D eigenvalue weighted by Gasteiger charge is -2.34. The topological polar surface area (TPSA) is 88.4 Å². The second-order valence-electron chi connectivity index (χ2n) is 10.4. The minimum atomic E-state index is -0.330. The molecule has 9 heteroatoms. The molecule has 1 saturated heterocycles. The maximum absolute atomic E-state index is 12.7. The van der Waals surface area contributed by atoms with Crippen LogP contribution in [0.1, 0.15) is 45.1 Å². The molecule has 1 aliphatic heterocycles. The summed E-state index contributed by atoms with van der Waals surface area (Å²) in [6, 6.07) is 19.5. The summed E-state index contributed by atoms with van der Waals surface area (Å²) in [4.78, 5) is 31.3. The third-order valence-corrected chi connectivity index (χ3v) is 7.52. The van der Waals surface area contributed by atoms with Gasteiger partial charge >= 0.3 is 6.09 Å². The highest BCUT2D eigenvalue weighted by Crippen LogP contribution is 2.25. The Morgan fingerprint density at radius 2 is 1.70 bits per heavy atom. The Kier molecular flexibility index (Phi) is 9.11. The summed E-state index contributed by atoms with van der Waals surface area (Å²) in [7, 11) is 0. The molecule has 4 aromatic rings. The molecular formula is C31H39N7O2. The first-order valence-corrected chi connectivity index (χ1v) is 14.4. The van der Waals surface area contributed by atoms with E-state index in [0.717, 1.165) is 29.9 Å². The number of nitrogens with zero attached hydrogens (tertiary/aromatic N) is 6. The highest BCUT2D eigenvalue weighted by molar-refractivity contribution is 5.84. The zero-order valence-corrected chi connectivity index (χ0v) is 23.5. The van der Waals surface area contributed by atoms with E-state index in [1.165, 1.54) is 24.8 Å². The summed E-state index contributed by atoms with van der Waals surface area (Å²) >= 11 is 0. The van der Waals surface area contributed by atoms with Crippen molar-refractivity contribution >= 4 is 29.0 Å². The van der Waals surface area contributed by atoms with Crippen LogP contribution in [0.15, 0.2) is 67.0 Å². The lowest BCUT2D eigenvalue weighted by atomic mass is 9.99. The van der Waals surface area contributed by atoms with Crippen molar-refractivity contribution in [2.24, 2.45) is 5.92 Å². The molecule has 2 aromatic carbocycles. The van der Waals surface area contributed by atoms with E-state index in [-0.39, 0.29) is 6.09 Å². The number of nitrogens with one attached hydrogen (secondary N) is 1. The number of imidazole rings is 1. The molecule has 0 bridgehead atoms. The number of hydrogen-bond acceptors (Lipinski definition) is 7. The number of para-hydroxylation sites is 1. The van der Waals surface area contributed by atoms with Gasteiger partial charge in [0.2, 0.25) is 5.95 Å². The van der Waals surface area contributed by atoms with E-state index in [4.69, 9.17) is 19.7 Å². The van der Waals surface area contributed by atoms with Crippen molar-refractivity contribution < 1.29 is 9.53 Å². The molecule has 0 radical (unpaired) electrons. The SMILES string of the molecule is CCCCC(CC)CNc1nc(N2CCN(C(=O)Oc3ccccc3)CC2)nc2c1ncn2Cc1ccccc1. The normalized spacial score (nSPS) is 14.3. The van der Waals surface area contributed by atoms with Crippen LogP contribution in [0.2, 0.25) is 0 Å². The van der Waals surface area contributed by atoms with E-state index in [0.29, 0.717) is 50.3 Å². The van der Waals surface area contributed by atoms with Crippen molar-refractivity contribution in [2.75, 3.05) is 42.9 Å². The Bertz CT molecular complexity index is 1370. The number of amides is 1. The molecule has 5 rings (SSSR count). The summed E-state index contributed by atoms with van der Waals surface area (Å²) in [5.41, 5.74) is 2.78. The van der Waals surface area contributed by atoms with Crippen LogP contribution in [0.25, 0.3) is 11.2 Å². The zero-order valence-electron chi connectivity index (χ0n) is 23.5. The molecular weight excluding hydrogens is 502 g/mol. The van der Waals surface area contributed by atoms with Gasteiger partial charge in [0.05, 0.1) is 12.9 Å². The largest absolute Gasteiger partial charge is 0.415 e. The molecule has 0 saturated carbocycles. The molecule has 1 unspecified atom stereocenters. The smallest absolute Gasteiger partial charge is 0.410 e. The molecule has 1 aliphatic rings. The van der Waals surface area contributed by atoms with Gasteiger partial charge in [-0.3, -0.25) is 0 Å². The summed E-state index contributed by atoms with van der Waals surface area (Å²) in [6.45, 7) is 8.33. The van der Waals surface area contributed by atoms with E-state index >= 15 is 0 Å². The molecule has 1 fully saturated rings. The average molecular weight is 542 g/mol. The average Bonchev–Trinajstić information content (AvgIpc) is 3.40. The number of hydrogen-bond donors (Lipinski definition) is 1. The quantitative estimate of drug-likeness (QED) is 0.256. The van der Waals surface area contributed by atoms with Gasteiger partial charge in [0.1, 0.15) is 5.75 Å². The standard InChI is InChI=1S/C31H39N7O2/c1-3-5-12-24(4-2)21-32-28-27-29(38(23-33-27)22-25-13-8-6-9-14-25)35-30(34-28)36-17-19-37(20-18-36)31(39)40-26-15-10-7-11-16-26/h6-11,13-16,23-24H,3-5,12,17-22H2,1-2H3,(H,32,34,35). The summed E-state index contributed by atoms with van der Waals surface area (Å²) in [6.07, 6.45) is 6.28. The van der Waals surface area contributed by atoms with Crippen LogP contribution in [0.3, 0.4) is 0 Å². The Hall–Kier alpha value is -4.14. The van der Waals surface area contributed by atoms with Crippen LogP contribution in [0.5, 0.6) is 5.75 Å². The summed E-state index contributed by atoms with van der Waals surface area (Å²) < 4.78 is 7.63. The second kappa shape index (κ2) is 13.3. The fraction of sp³-hybridized carbons (Fsp3) is 0.419. The number of unbranched alkanes of at least 4 members (excludes halogenated alkanes) is 1. The number of aromatic nitrogens is 4. The number of fused-ring (bicyclic) bond motifs is 1. The van der Waals surface area contributed by atoms with Gasteiger partial charge in [0.15, 0.2) is 17.0 Å². The van der Waals surface area contributed by atoms with Crippen LogP contribution in [0.4, 0.5) is 16.6 Å². The third-order valence-electron chi connectivity index (χ3n) is 7.52. The lowest BCUT2D eigenvalue weighted by Crippen LogP contribution is -2.50. The minimum Gasteiger partial charge on any atom is -0.410 e. The molecule has 3 heterocycles. The van der Waals surface area contributed by atoms with Crippen molar-refractivity contribution in [2.45, 2.75) is 46.1 Å². The van der Waals surface area contributed by atoms with Gasteiger partial charge < -0.3 is 24.4 Å². The fourth-order valence-electron chi connectivity index (χ4n) is 5.02. The zero-order chi connectivity index (χ0) is 27.7. The van der Waals surface area contributed by atoms with Crippen molar-refractivity contribution in [3.05, 3.63) is 72.6 Å². The van der Waals surface area contributed by atoms with Crippen LogP contribution in [0, 0.1) is 5.92 Å². The number of rotatable bonds is 11. The van der Waals surface area contributed by atoms with E-state index < -0.39 is 0 Å². The first-order chi connectivity index (χ1) is 19.6. The van der Waals surface area contributed by atoms with Gasteiger partial charge in [-0.05, 0) is 30.0 Å². The van der Waals surface area contributed by atoms with Crippen LogP contribution < -0.4 is 15.0 Å². The minimum absolute atomic E-state index is 0.330. The van der Waals surface area contributed by atoms with Crippen molar-refractivity contribution in [1.29, 1.82) is 0 Å². The van der Waals surface area contributed by atoms with E-state index in [1.807, 2.05) is 42.7 Å². The van der Waals surface area contributed by atoms with E-state index in [1.54, 1.807) is 17.0 Å². The maximum Gasteiger partial charge on any atom is 0.415 e. The van der Waals surface area contributed by atoms with Crippen molar-refractivity contribution in [1.82, 2.24) is 24.4 Å². The van der Waals surface area contributed by atoms with Gasteiger partial charge in [0, 0.05) is 32.7 Å². The molecule has 210 valence electrons. The number of ether oxygens (including phenoxy) is 1. The number of benzene rings is 2.